The van der Waals surface area contributed by atoms with Gasteiger partial charge in [-0.05, 0) is 30.4 Å². The second-order valence-corrected chi connectivity index (χ2v) is 7.76. The van der Waals surface area contributed by atoms with Crippen molar-refractivity contribution in [2.24, 2.45) is 5.41 Å². The molecule has 18 heavy (non-hydrogen) atoms. The maximum Gasteiger partial charge on any atom is 0.232 e. The van der Waals surface area contributed by atoms with Crippen LogP contribution in [0.15, 0.2) is 12.3 Å². The molecule has 0 unspecified atom stereocenters. The van der Waals surface area contributed by atoms with Crippen molar-refractivity contribution in [3.05, 3.63) is 23.0 Å². The monoisotopic (exact) mass is 290 g/mol. The van der Waals surface area contributed by atoms with Gasteiger partial charge in [-0.25, -0.2) is 13.4 Å². The summed E-state index contributed by atoms with van der Waals surface area (Å²) in [4.78, 5) is 3.91. The summed E-state index contributed by atoms with van der Waals surface area (Å²) in [7, 11) is -3.33. The molecule has 0 radical (unpaired) electrons. The third-order valence-electron chi connectivity index (χ3n) is 2.41. The number of nitrogens with one attached hydrogen (secondary N) is 1. The van der Waals surface area contributed by atoms with Crippen LogP contribution in [0.25, 0.3) is 0 Å². The van der Waals surface area contributed by atoms with E-state index in [1.54, 1.807) is 13.0 Å². The van der Waals surface area contributed by atoms with Crippen LogP contribution in [0.5, 0.6) is 0 Å². The lowest BCUT2D eigenvalue weighted by atomic mass is 9.94. The van der Waals surface area contributed by atoms with Crippen LogP contribution in [-0.2, 0) is 10.0 Å². The fourth-order valence-electron chi connectivity index (χ4n) is 1.29. The molecule has 0 aliphatic rings. The second kappa shape index (κ2) is 5.45. The maximum absolute atomic E-state index is 11.9. The van der Waals surface area contributed by atoms with Crippen LogP contribution in [0.4, 0.5) is 5.69 Å². The molecule has 0 spiro atoms. The first-order valence-electron chi connectivity index (χ1n) is 5.72. The van der Waals surface area contributed by atoms with Crippen LogP contribution in [0.3, 0.4) is 0 Å². The summed E-state index contributed by atoms with van der Waals surface area (Å²) in [6.45, 7) is 7.81. The van der Waals surface area contributed by atoms with Gasteiger partial charge in [0.25, 0.3) is 0 Å². The van der Waals surface area contributed by atoms with E-state index in [9.17, 15) is 8.42 Å². The molecule has 1 heterocycles. The van der Waals surface area contributed by atoms with Gasteiger partial charge in [-0.3, -0.25) is 4.72 Å². The Balaban J connectivity index is 2.74. The molecule has 0 aliphatic heterocycles. The van der Waals surface area contributed by atoms with Crippen molar-refractivity contribution in [2.75, 3.05) is 10.5 Å². The summed E-state index contributed by atoms with van der Waals surface area (Å²) >= 11 is 5.78. The van der Waals surface area contributed by atoms with Gasteiger partial charge in [0, 0.05) is 0 Å². The van der Waals surface area contributed by atoms with Gasteiger partial charge in [0.1, 0.15) is 5.15 Å². The molecule has 0 amide bonds. The van der Waals surface area contributed by atoms with Crippen molar-refractivity contribution in [1.82, 2.24) is 4.98 Å². The Hall–Kier alpha value is -0.810. The highest BCUT2D eigenvalue weighted by Crippen LogP contribution is 2.21. The number of nitrogens with zero attached hydrogens (tertiary/aromatic N) is 1. The summed E-state index contributed by atoms with van der Waals surface area (Å²) in [6, 6.07) is 1.67. The smallest absolute Gasteiger partial charge is 0.232 e. The average Bonchev–Trinajstić information content (AvgIpc) is 2.20. The quantitative estimate of drug-likeness (QED) is 0.866. The Morgan fingerprint density at radius 2 is 2.00 bits per heavy atom. The highest BCUT2D eigenvalue weighted by Gasteiger charge is 2.17. The molecule has 0 bridgehead atoms. The Labute approximate surface area is 114 Å². The molecule has 1 N–H and O–H groups in total. The van der Waals surface area contributed by atoms with Gasteiger partial charge in [0.05, 0.1) is 17.6 Å². The molecule has 6 heteroatoms. The Morgan fingerprint density at radius 3 is 2.50 bits per heavy atom. The first kappa shape index (κ1) is 15.2. The van der Waals surface area contributed by atoms with Gasteiger partial charge in [-0.1, -0.05) is 32.4 Å². The average molecular weight is 291 g/mol. The Kier molecular flexibility index (Phi) is 4.61. The fraction of sp³-hybridized carbons (Fsp3) is 0.583. The van der Waals surface area contributed by atoms with E-state index in [0.29, 0.717) is 17.3 Å². The van der Waals surface area contributed by atoms with Crippen molar-refractivity contribution < 1.29 is 8.42 Å². The van der Waals surface area contributed by atoms with Crippen molar-refractivity contribution in [2.45, 2.75) is 34.1 Å². The highest BCUT2D eigenvalue weighted by molar-refractivity contribution is 7.92. The summed E-state index contributed by atoms with van der Waals surface area (Å²) < 4.78 is 26.3. The topological polar surface area (TPSA) is 59.1 Å². The van der Waals surface area contributed by atoms with E-state index in [2.05, 4.69) is 9.71 Å². The summed E-state index contributed by atoms with van der Waals surface area (Å²) in [6.07, 6.45) is 2.02. The number of hydrogen-bond donors (Lipinski definition) is 1. The minimum atomic E-state index is -3.33. The molecule has 1 rings (SSSR count). The van der Waals surface area contributed by atoms with Crippen LogP contribution < -0.4 is 4.72 Å². The van der Waals surface area contributed by atoms with Crippen molar-refractivity contribution >= 4 is 27.3 Å². The predicted molar refractivity (Wildman–Crippen MR) is 75.5 cm³/mol. The van der Waals surface area contributed by atoms with E-state index in [-0.39, 0.29) is 11.2 Å². The van der Waals surface area contributed by atoms with Gasteiger partial charge in [-0.15, -0.1) is 0 Å². The SMILES string of the molecule is Cc1cc(NS(=O)(=O)CCC(C)(C)C)cnc1Cl. The molecular weight excluding hydrogens is 272 g/mol. The van der Waals surface area contributed by atoms with Crippen LogP contribution in [0, 0.1) is 12.3 Å². The van der Waals surface area contributed by atoms with E-state index in [4.69, 9.17) is 11.6 Å². The molecule has 1 aromatic rings. The van der Waals surface area contributed by atoms with Crippen LogP contribution in [0.2, 0.25) is 5.15 Å². The molecule has 0 aromatic carbocycles. The van der Waals surface area contributed by atoms with E-state index in [1.165, 1.54) is 6.20 Å². The second-order valence-electron chi connectivity index (χ2n) is 5.56. The third-order valence-corrected chi connectivity index (χ3v) is 4.09. The zero-order valence-corrected chi connectivity index (χ0v) is 12.7. The van der Waals surface area contributed by atoms with E-state index < -0.39 is 10.0 Å². The standard InChI is InChI=1S/C12H19ClN2O2S/c1-9-7-10(8-14-11(9)13)15-18(16,17)6-5-12(2,3)4/h7-8,15H,5-6H2,1-4H3. The van der Waals surface area contributed by atoms with Crippen LogP contribution in [-0.4, -0.2) is 19.2 Å². The van der Waals surface area contributed by atoms with E-state index in [1.807, 2.05) is 20.8 Å². The summed E-state index contributed by atoms with van der Waals surface area (Å²) in [5, 5.41) is 0.382. The minimum Gasteiger partial charge on any atom is -0.282 e. The minimum absolute atomic E-state index is 0.0110. The lowest BCUT2D eigenvalue weighted by Gasteiger charge is -2.18. The summed E-state index contributed by atoms with van der Waals surface area (Å²) in [5.41, 5.74) is 1.18. The van der Waals surface area contributed by atoms with Gasteiger partial charge in [0.15, 0.2) is 0 Å². The normalized spacial score (nSPS) is 12.5. The largest absolute Gasteiger partial charge is 0.282 e. The van der Waals surface area contributed by atoms with Gasteiger partial charge < -0.3 is 0 Å². The van der Waals surface area contributed by atoms with Crippen molar-refractivity contribution in [3.8, 4) is 0 Å². The number of aromatic nitrogens is 1. The number of pyridine rings is 1. The van der Waals surface area contributed by atoms with Gasteiger partial charge >= 0.3 is 0 Å². The van der Waals surface area contributed by atoms with Crippen molar-refractivity contribution in [1.29, 1.82) is 0 Å². The molecule has 0 fully saturated rings. The zero-order valence-electron chi connectivity index (χ0n) is 11.1. The van der Waals surface area contributed by atoms with Crippen LogP contribution >= 0.6 is 11.6 Å². The van der Waals surface area contributed by atoms with E-state index >= 15 is 0 Å². The third kappa shape index (κ3) is 5.23. The number of anilines is 1. The number of aryl methyl sites for hydroxylation is 1. The number of sulfonamides is 1. The molecule has 0 saturated heterocycles. The van der Waals surface area contributed by atoms with Gasteiger partial charge in [0.2, 0.25) is 10.0 Å². The Morgan fingerprint density at radius 1 is 1.39 bits per heavy atom. The zero-order chi connectivity index (χ0) is 14.0. The molecule has 0 saturated carbocycles. The molecule has 4 nitrogen and oxygen atoms in total. The van der Waals surface area contributed by atoms with Crippen LogP contribution in [0.1, 0.15) is 32.8 Å². The Bertz CT molecular complexity index is 521. The first-order valence-corrected chi connectivity index (χ1v) is 7.75. The number of rotatable bonds is 4. The number of hydrogen-bond acceptors (Lipinski definition) is 3. The van der Waals surface area contributed by atoms with Gasteiger partial charge in [-0.2, -0.15) is 0 Å². The lowest BCUT2D eigenvalue weighted by Crippen LogP contribution is -2.21. The maximum atomic E-state index is 11.9. The molecule has 102 valence electrons. The lowest BCUT2D eigenvalue weighted by molar-refractivity contribution is 0.397. The molecule has 1 aromatic heterocycles. The first-order chi connectivity index (χ1) is 8.09. The van der Waals surface area contributed by atoms with E-state index in [0.717, 1.165) is 5.56 Å². The fourth-order valence-corrected chi connectivity index (χ4v) is 2.84. The molecule has 0 aliphatic carbocycles. The van der Waals surface area contributed by atoms with Crippen molar-refractivity contribution in [3.63, 3.8) is 0 Å². The molecule has 0 atom stereocenters. The highest BCUT2D eigenvalue weighted by atomic mass is 35.5. The molecular formula is C12H19ClN2O2S. The predicted octanol–water partition coefficient (Wildman–Crippen LogP) is 3.22. The summed E-state index contributed by atoms with van der Waals surface area (Å²) in [5.74, 6) is 0.0954. The number of halogens is 1.